The first-order chi connectivity index (χ1) is 8.97. The summed E-state index contributed by atoms with van der Waals surface area (Å²) in [6.45, 7) is 3.78. The molecule has 1 heterocycles. The number of hydrogen-bond acceptors (Lipinski definition) is 4. The third kappa shape index (κ3) is 3.06. The van der Waals surface area contributed by atoms with Crippen molar-refractivity contribution in [3.63, 3.8) is 0 Å². The number of nitrogens with zero attached hydrogens (tertiary/aromatic N) is 1. The van der Waals surface area contributed by atoms with Gasteiger partial charge in [0.15, 0.2) is 0 Å². The van der Waals surface area contributed by atoms with E-state index < -0.39 is 4.92 Å². The second-order valence-corrected chi connectivity index (χ2v) is 4.64. The summed E-state index contributed by atoms with van der Waals surface area (Å²) in [6.07, 6.45) is 0. The van der Waals surface area contributed by atoms with Crippen LogP contribution in [0.1, 0.15) is 24.5 Å². The molecule has 0 aliphatic carbocycles. The number of nitrogens with one attached hydrogen (secondary N) is 1. The highest BCUT2D eigenvalue weighted by atomic mass is 35.5. The largest absolute Gasteiger partial charge is 0.464 e. The molecule has 2 rings (SSSR count). The molecule has 0 bridgehead atoms. The molecule has 1 atom stereocenters. The maximum absolute atomic E-state index is 10.8. The minimum Gasteiger partial charge on any atom is -0.464 e. The number of nitro groups is 1. The van der Waals surface area contributed by atoms with E-state index in [1.54, 1.807) is 6.07 Å². The Morgan fingerprint density at radius 1 is 1.37 bits per heavy atom. The van der Waals surface area contributed by atoms with Crippen LogP contribution in [0.2, 0.25) is 5.02 Å². The Morgan fingerprint density at radius 3 is 2.68 bits per heavy atom. The zero-order valence-electron chi connectivity index (χ0n) is 10.5. The summed E-state index contributed by atoms with van der Waals surface area (Å²) in [7, 11) is 0. The topological polar surface area (TPSA) is 68.3 Å². The Labute approximate surface area is 115 Å². The first-order valence-corrected chi connectivity index (χ1v) is 6.12. The third-order valence-electron chi connectivity index (χ3n) is 2.71. The zero-order valence-corrected chi connectivity index (χ0v) is 11.3. The van der Waals surface area contributed by atoms with Crippen molar-refractivity contribution in [1.29, 1.82) is 0 Å². The fourth-order valence-electron chi connectivity index (χ4n) is 1.75. The van der Waals surface area contributed by atoms with Gasteiger partial charge in [0.2, 0.25) is 0 Å². The molecular weight excluding hydrogens is 268 g/mol. The van der Waals surface area contributed by atoms with Crippen LogP contribution >= 0.6 is 11.6 Å². The lowest BCUT2D eigenvalue weighted by Crippen LogP contribution is -2.05. The molecule has 6 heteroatoms. The highest BCUT2D eigenvalue weighted by molar-refractivity contribution is 6.32. The Hall–Kier alpha value is -2.01. The molecule has 1 unspecified atom stereocenters. The van der Waals surface area contributed by atoms with Crippen LogP contribution < -0.4 is 5.32 Å². The van der Waals surface area contributed by atoms with Crippen molar-refractivity contribution in [1.82, 2.24) is 0 Å². The van der Waals surface area contributed by atoms with Gasteiger partial charge >= 0.3 is 0 Å². The molecule has 1 N–H and O–H groups in total. The number of nitro benzene ring substituents is 1. The summed E-state index contributed by atoms with van der Waals surface area (Å²) in [6, 6.07) is 8.27. The molecule has 0 saturated heterocycles. The minimum atomic E-state index is -0.505. The third-order valence-corrected chi connectivity index (χ3v) is 3.03. The van der Waals surface area contributed by atoms with Gasteiger partial charge in [-0.3, -0.25) is 10.1 Å². The first kappa shape index (κ1) is 13.4. The van der Waals surface area contributed by atoms with Crippen molar-refractivity contribution in [2.45, 2.75) is 19.9 Å². The summed E-state index contributed by atoms with van der Waals surface area (Å²) in [5, 5.41) is 14.1. The van der Waals surface area contributed by atoms with Crippen LogP contribution in [0.5, 0.6) is 0 Å². The summed E-state index contributed by atoms with van der Waals surface area (Å²) < 4.78 is 5.50. The number of rotatable bonds is 4. The Morgan fingerprint density at radius 2 is 2.11 bits per heavy atom. The molecule has 5 nitrogen and oxygen atoms in total. The van der Waals surface area contributed by atoms with E-state index >= 15 is 0 Å². The van der Waals surface area contributed by atoms with Crippen LogP contribution in [-0.2, 0) is 0 Å². The van der Waals surface area contributed by atoms with Crippen LogP contribution in [0.15, 0.2) is 34.7 Å². The number of aryl methyl sites for hydroxylation is 1. The van der Waals surface area contributed by atoms with Crippen LogP contribution in [0, 0.1) is 17.0 Å². The summed E-state index contributed by atoms with van der Waals surface area (Å²) in [4.78, 5) is 10.3. The normalized spacial score (nSPS) is 12.2. The van der Waals surface area contributed by atoms with E-state index in [2.05, 4.69) is 5.32 Å². The quantitative estimate of drug-likeness (QED) is 0.669. The lowest BCUT2D eigenvalue weighted by atomic mass is 10.2. The average molecular weight is 281 g/mol. The highest BCUT2D eigenvalue weighted by Crippen LogP contribution is 2.29. The lowest BCUT2D eigenvalue weighted by Gasteiger charge is -2.13. The van der Waals surface area contributed by atoms with Crippen LogP contribution in [-0.4, -0.2) is 4.92 Å². The second-order valence-electron chi connectivity index (χ2n) is 4.24. The van der Waals surface area contributed by atoms with E-state index in [-0.39, 0.29) is 16.8 Å². The lowest BCUT2D eigenvalue weighted by molar-refractivity contribution is -0.384. The van der Waals surface area contributed by atoms with Crippen LogP contribution in [0.25, 0.3) is 0 Å². The number of anilines is 1. The van der Waals surface area contributed by atoms with E-state index in [0.717, 1.165) is 11.5 Å². The fourth-order valence-corrected chi connectivity index (χ4v) is 1.94. The number of hydrogen-bond donors (Lipinski definition) is 1. The van der Waals surface area contributed by atoms with E-state index in [1.165, 1.54) is 12.1 Å². The van der Waals surface area contributed by atoms with Gasteiger partial charge in [0, 0.05) is 11.8 Å². The second kappa shape index (κ2) is 5.32. The molecule has 0 fully saturated rings. The summed E-state index contributed by atoms with van der Waals surface area (Å²) >= 11 is 5.76. The zero-order chi connectivity index (χ0) is 14.0. The standard InChI is InChI=1S/C13H13ClN2O3/c1-8-3-6-13(19-8)9(2)15-10-4-5-11(14)12(7-10)16(17)18/h3-7,9,15H,1-2H3. The van der Waals surface area contributed by atoms with Gasteiger partial charge in [0.25, 0.3) is 5.69 Å². The fraction of sp³-hybridized carbons (Fsp3) is 0.231. The van der Waals surface area contributed by atoms with Gasteiger partial charge in [0.05, 0.1) is 11.0 Å². The Kier molecular flexibility index (Phi) is 3.76. The van der Waals surface area contributed by atoms with Crippen LogP contribution in [0.3, 0.4) is 0 Å². The number of benzene rings is 1. The summed E-state index contributed by atoms with van der Waals surface area (Å²) in [5.74, 6) is 1.60. The van der Waals surface area contributed by atoms with Crippen molar-refractivity contribution < 1.29 is 9.34 Å². The van der Waals surface area contributed by atoms with E-state index in [9.17, 15) is 10.1 Å². The van der Waals surface area contributed by atoms with E-state index in [0.29, 0.717) is 5.69 Å². The minimum absolute atomic E-state index is 0.0884. The Balaban J connectivity index is 2.19. The molecule has 0 spiro atoms. The molecular formula is C13H13ClN2O3. The molecule has 0 radical (unpaired) electrons. The number of furan rings is 1. The van der Waals surface area contributed by atoms with Gasteiger partial charge in [-0.15, -0.1) is 0 Å². The van der Waals surface area contributed by atoms with Gasteiger partial charge in [-0.05, 0) is 38.1 Å². The van der Waals surface area contributed by atoms with Gasteiger partial charge < -0.3 is 9.73 Å². The van der Waals surface area contributed by atoms with Gasteiger partial charge in [-0.2, -0.15) is 0 Å². The molecule has 1 aromatic carbocycles. The maximum Gasteiger partial charge on any atom is 0.289 e. The number of halogens is 1. The highest BCUT2D eigenvalue weighted by Gasteiger charge is 2.15. The molecule has 1 aromatic heterocycles. The van der Waals surface area contributed by atoms with Crippen molar-refractivity contribution >= 4 is 23.0 Å². The van der Waals surface area contributed by atoms with Gasteiger partial charge in [0.1, 0.15) is 16.5 Å². The molecule has 0 aliphatic rings. The SMILES string of the molecule is Cc1ccc(C(C)Nc2ccc(Cl)c([N+](=O)[O-])c2)o1. The Bertz CT molecular complexity index is 610. The van der Waals surface area contributed by atoms with Crippen molar-refractivity contribution in [2.24, 2.45) is 0 Å². The molecule has 0 aliphatic heterocycles. The van der Waals surface area contributed by atoms with E-state index in [1.807, 2.05) is 26.0 Å². The monoisotopic (exact) mass is 280 g/mol. The smallest absolute Gasteiger partial charge is 0.289 e. The first-order valence-electron chi connectivity index (χ1n) is 5.74. The molecule has 100 valence electrons. The van der Waals surface area contributed by atoms with Gasteiger partial charge in [-0.1, -0.05) is 11.6 Å². The van der Waals surface area contributed by atoms with Crippen LogP contribution in [0.4, 0.5) is 11.4 Å². The predicted octanol–water partition coefficient (Wildman–Crippen LogP) is 4.32. The molecule has 19 heavy (non-hydrogen) atoms. The maximum atomic E-state index is 10.8. The van der Waals surface area contributed by atoms with Crippen molar-refractivity contribution in [3.8, 4) is 0 Å². The predicted molar refractivity (Wildman–Crippen MR) is 73.6 cm³/mol. The van der Waals surface area contributed by atoms with Crippen molar-refractivity contribution in [3.05, 3.63) is 57.0 Å². The molecule has 0 saturated carbocycles. The molecule has 2 aromatic rings. The van der Waals surface area contributed by atoms with Gasteiger partial charge in [-0.25, -0.2) is 0 Å². The van der Waals surface area contributed by atoms with Crippen molar-refractivity contribution in [2.75, 3.05) is 5.32 Å². The average Bonchev–Trinajstić information content (AvgIpc) is 2.78. The molecule has 0 amide bonds. The summed E-state index contributed by atoms with van der Waals surface area (Å²) in [5.41, 5.74) is 0.507. The van der Waals surface area contributed by atoms with E-state index in [4.69, 9.17) is 16.0 Å².